The predicted molar refractivity (Wildman–Crippen MR) is 82.7 cm³/mol. The third-order valence-corrected chi connectivity index (χ3v) is 3.53. The monoisotopic (exact) mass is 319 g/mol. The first-order valence-electron chi connectivity index (χ1n) is 6.32. The van der Waals surface area contributed by atoms with Crippen LogP contribution in [0.4, 0.5) is 0 Å². The summed E-state index contributed by atoms with van der Waals surface area (Å²) >= 11 is 12.3. The van der Waals surface area contributed by atoms with Gasteiger partial charge in [0.1, 0.15) is 18.1 Å². The molecule has 0 fully saturated rings. The van der Waals surface area contributed by atoms with Crippen LogP contribution in [0, 0.1) is 0 Å². The number of hydrogen-bond donors (Lipinski definition) is 0. The molecule has 0 bridgehead atoms. The Morgan fingerprint density at radius 2 is 1.67 bits per heavy atom. The molecule has 21 heavy (non-hydrogen) atoms. The van der Waals surface area contributed by atoms with Crippen LogP contribution in [0.5, 0.6) is 5.75 Å². The molecule has 0 atom stereocenters. The minimum absolute atomic E-state index is 0.291. The zero-order chi connectivity index (χ0) is 14.7. The quantitative estimate of drug-likeness (QED) is 0.660. The molecule has 0 unspecified atom stereocenters. The summed E-state index contributed by atoms with van der Waals surface area (Å²) in [6, 6.07) is 16.6. The Kier molecular flexibility index (Phi) is 4.13. The first-order valence-corrected chi connectivity index (χ1v) is 7.07. The van der Waals surface area contributed by atoms with Gasteiger partial charge >= 0.3 is 0 Å². The van der Waals surface area contributed by atoms with Crippen molar-refractivity contribution in [3.8, 4) is 17.0 Å². The molecule has 3 nitrogen and oxygen atoms in total. The van der Waals surface area contributed by atoms with Gasteiger partial charge in [-0.1, -0.05) is 52.6 Å². The maximum Gasteiger partial charge on any atom is 0.174 e. The van der Waals surface area contributed by atoms with E-state index in [1.807, 2.05) is 30.3 Å². The van der Waals surface area contributed by atoms with E-state index in [1.165, 1.54) is 0 Å². The molecule has 0 saturated carbocycles. The van der Waals surface area contributed by atoms with Gasteiger partial charge in [0.15, 0.2) is 5.76 Å². The Hall–Kier alpha value is -1.97. The summed E-state index contributed by atoms with van der Waals surface area (Å²) in [5.74, 6) is 1.37. The first-order chi connectivity index (χ1) is 10.2. The maximum atomic E-state index is 6.15. The number of ether oxygens (including phenoxy) is 1. The number of hydrogen-bond acceptors (Lipinski definition) is 3. The molecule has 0 spiro atoms. The van der Waals surface area contributed by atoms with Crippen molar-refractivity contribution >= 4 is 23.2 Å². The molecule has 1 heterocycles. The largest absolute Gasteiger partial charge is 0.486 e. The number of rotatable bonds is 4. The lowest BCUT2D eigenvalue weighted by Gasteiger charge is -2.02. The summed E-state index contributed by atoms with van der Waals surface area (Å²) in [7, 11) is 0. The zero-order valence-corrected chi connectivity index (χ0v) is 12.4. The van der Waals surface area contributed by atoms with Crippen LogP contribution in [-0.4, -0.2) is 5.16 Å². The van der Waals surface area contributed by atoms with E-state index in [4.69, 9.17) is 32.5 Å². The standard InChI is InChI=1S/C16H11Cl2NO2/c17-13-7-4-8-14(18)16(13)15-9-12(21-19-15)10-20-11-5-2-1-3-6-11/h1-9H,10H2. The van der Waals surface area contributed by atoms with Crippen molar-refractivity contribution in [1.29, 1.82) is 0 Å². The molecule has 0 radical (unpaired) electrons. The van der Waals surface area contributed by atoms with Gasteiger partial charge in [-0.05, 0) is 24.3 Å². The number of halogens is 2. The molecule has 0 saturated heterocycles. The second-order valence-electron chi connectivity index (χ2n) is 4.38. The number of para-hydroxylation sites is 1. The van der Waals surface area contributed by atoms with E-state index in [-0.39, 0.29) is 0 Å². The summed E-state index contributed by atoms with van der Waals surface area (Å²) in [6.07, 6.45) is 0. The van der Waals surface area contributed by atoms with Gasteiger partial charge in [0, 0.05) is 11.6 Å². The number of benzene rings is 2. The van der Waals surface area contributed by atoms with E-state index in [9.17, 15) is 0 Å². The zero-order valence-electron chi connectivity index (χ0n) is 10.9. The maximum absolute atomic E-state index is 6.15. The molecule has 0 aliphatic heterocycles. The van der Waals surface area contributed by atoms with Gasteiger partial charge < -0.3 is 9.26 Å². The minimum Gasteiger partial charge on any atom is -0.486 e. The van der Waals surface area contributed by atoms with Crippen molar-refractivity contribution in [1.82, 2.24) is 5.16 Å². The third kappa shape index (κ3) is 3.20. The summed E-state index contributed by atoms with van der Waals surface area (Å²) in [6.45, 7) is 0.291. The van der Waals surface area contributed by atoms with Crippen LogP contribution < -0.4 is 4.74 Å². The molecule has 106 valence electrons. The fourth-order valence-electron chi connectivity index (χ4n) is 1.91. The highest BCUT2D eigenvalue weighted by Gasteiger charge is 2.13. The Morgan fingerprint density at radius 3 is 2.38 bits per heavy atom. The van der Waals surface area contributed by atoms with Gasteiger partial charge in [-0.15, -0.1) is 0 Å². The lowest BCUT2D eigenvalue weighted by molar-refractivity contribution is 0.249. The minimum atomic E-state index is 0.291. The van der Waals surface area contributed by atoms with Crippen LogP contribution in [0.25, 0.3) is 11.3 Å². The van der Waals surface area contributed by atoms with E-state index >= 15 is 0 Å². The topological polar surface area (TPSA) is 35.3 Å². The molecule has 0 amide bonds. The summed E-state index contributed by atoms with van der Waals surface area (Å²) in [5.41, 5.74) is 1.26. The highest BCUT2D eigenvalue weighted by Crippen LogP contribution is 2.34. The van der Waals surface area contributed by atoms with Gasteiger partial charge in [0.05, 0.1) is 10.0 Å². The molecule has 0 aliphatic carbocycles. The Morgan fingerprint density at radius 1 is 0.952 bits per heavy atom. The van der Waals surface area contributed by atoms with Gasteiger partial charge in [0.2, 0.25) is 0 Å². The second-order valence-corrected chi connectivity index (χ2v) is 5.19. The van der Waals surface area contributed by atoms with Crippen molar-refractivity contribution in [3.63, 3.8) is 0 Å². The Labute approximate surface area is 132 Å². The van der Waals surface area contributed by atoms with Crippen LogP contribution >= 0.6 is 23.2 Å². The summed E-state index contributed by atoms with van der Waals surface area (Å²) in [5, 5.41) is 5.06. The molecule has 5 heteroatoms. The fourth-order valence-corrected chi connectivity index (χ4v) is 2.50. The lowest BCUT2D eigenvalue weighted by atomic mass is 10.1. The summed E-state index contributed by atoms with van der Waals surface area (Å²) < 4.78 is 10.9. The highest BCUT2D eigenvalue weighted by molar-refractivity contribution is 6.39. The van der Waals surface area contributed by atoms with Crippen molar-refractivity contribution in [2.75, 3.05) is 0 Å². The molecule has 3 aromatic rings. The van der Waals surface area contributed by atoms with Gasteiger partial charge in [-0.2, -0.15) is 0 Å². The van der Waals surface area contributed by atoms with Crippen molar-refractivity contribution in [2.45, 2.75) is 6.61 Å². The van der Waals surface area contributed by atoms with Crippen molar-refractivity contribution < 1.29 is 9.26 Å². The SMILES string of the molecule is Clc1cccc(Cl)c1-c1cc(COc2ccccc2)on1. The van der Waals surface area contributed by atoms with Crippen LogP contribution in [0.15, 0.2) is 59.1 Å². The molecular weight excluding hydrogens is 309 g/mol. The van der Waals surface area contributed by atoms with E-state index in [0.29, 0.717) is 33.7 Å². The molecule has 3 rings (SSSR count). The molecular formula is C16H11Cl2NO2. The van der Waals surface area contributed by atoms with Gasteiger partial charge in [0.25, 0.3) is 0 Å². The fraction of sp³-hybridized carbons (Fsp3) is 0.0625. The molecule has 0 aliphatic rings. The second kappa shape index (κ2) is 6.20. The van der Waals surface area contributed by atoms with Crippen molar-refractivity contribution in [2.24, 2.45) is 0 Å². The van der Waals surface area contributed by atoms with E-state index in [1.54, 1.807) is 24.3 Å². The number of nitrogens with zero attached hydrogens (tertiary/aromatic N) is 1. The van der Waals surface area contributed by atoms with E-state index in [0.717, 1.165) is 5.75 Å². The van der Waals surface area contributed by atoms with Crippen LogP contribution in [0.1, 0.15) is 5.76 Å². The van der Waals surface area contributed by atoms with Crippen molar-refractivity contribution in [3.05, 3.63) is 70.4 Å². The Balaban J connectivity index is 1.78. The third-order valence-electron chi connectivity index (χ3n) is 2.90. The molecule has 0 N–H and O–H groups in total. The highest BCUT2D eigenvalue weighted by atomic mass is 35.5. The molecule has 2 aromatic carbocycles. The van der Waals surface area contributed by atoms with E-state index in [2.05, 4.69) is 5.16 Å². The predicted octanol–water partition coefficient (Wildman–Crippen LogP) is 5.23. The normalized spacial score (nSPS) is 10.6. The van der Waals surface area contributed by atoms with Crippen LogP contribution in [-0.2, 0) is 6.61 Å². The van der Waals surface area contributed by atoms with Crippen LogP contribution in [0.3, 0.4) is 0 Å². The van der Waals surface area contributed by atoms with Crippen LogP contribution in [0.2, 0.25) is 10.0 Å². The Bertz CT molecular complexity index is 721. The first kappa shape index (κ1) is 14.0. The van der Waals surface area contributed by atoms with E-state index < -0.39 is 0 Å². The molecule has 1 aromatic heterocycles. The van der Waals surface area contributed by atoms with Gasteiger partial charge in [-0.3, -0.25) is 0 Å². The summed E-state index contributed by atoms with van der Waals surface area (Å²) in [4.78, 5) is 0. The smallest absolute Gasteiger partial charge is 0.174 e. The average Bonchev–Trinajstić information content (AvgIpc) is 2.95. The lowest BCUT2D eigenvalue weighted by Crippen LogP contribution is -1.92. The number of aromatic nitrogens is 1. The van der Waals surface area contributed by atoms with Gasteiger partial charge in [-0.25, -0.2) is 0 Å². The average molecular weight is 320 g/mol.